The molecule has 5 nitrogen and oxygen atoms in total. The average molecular weight is 524 g/mol. The van der Waals surface area contributed by atoms with Gasteiger partial charge in [-0.2, -0.15) is 0 Å². The molecule has 37 heavy (non-hydrogen) atoms. The number of halogens is 3. The van der Waals surface area contributed by atoms with Crippen LogP contribution < -0.4 is 5.56 Å². The Balaban J connectivity index is 1.96. The Morgan fingerprint density at radius 1 is 1.05 bits per heavy atom. The molecule has 1 atom stereocenters. The summed E-state index contributed by atoms with van der Waals surface area (Å²) >= 11 is 6.08. The number of rotatable bonds is 8. The second-order valence-electron chi connectivity index (χ2n) is 9.34. The van der Waals surface area contributed by atoms with Gasteiger partial charge in [-0.1, -0.05) is 50.6 Å². The molecule has 0 saturated carbocycles. The van der Waals surface area contributed by atoms with Crippen LogP contribution >= 0.6 is 11.6 Å². The Morgan fingerprint density at radius 3 is 2.49 bits per heavy atom. The molecule has 192 valence electrons. The van der Waals surface area contributed by atoms with Crippen LogP contribution in [0.5, 0.6) is 0 Å². The largest absolute Gasteiger partial charge is 0.328 e. The molecule has 4 aromatic rings. The van der Waals surface area contributed by atoms with Crippen LogP contribution in [0.2, 0.25) is 5.02 Å². The van der Waals surface area contributed by atoms with E-state index in [0.29, 0.717) is 47.7 Å². The molecule has 8 heteroatoms. The second-order valence-corrected chi connectivity index (χ2v) is 9.75. The van der Waals surface area contributed by atoms with E-state index in [-0.39, 0.29) is 22.1 Å². The zero-order valence-corrected chi connectivity index (χ0v) is 21.7. The van der Waals surface area contributed by atoms with Crippen molar-refractivity contribution >= 4 is 28.4 Å². The molecule has 0 aliphatic rings. The zero-order chi connectivity index (χ0) is 26.7. The van der Waals surface area contributed by atoms with Gasteiger partial charge in [0.15, 0.2) is 0 Å². The lowest BCUT2D eigenvalue weighted by molar-refractivity contribution is 0.0648. The predicted octanol–water partition coefficient (Wildman–Crippen LogP) is 6.96. The highest BCUT2D eigenvalue weighted by atomic mass is 35.5. The van der Waals surface area contributed by atoms with Gasteiger partial charge in [-0.25, -0.2) is 13.8 Å². The predicted molar refractivity (Wildman–Crippen MR) is 142 cm³/mol. The first-order valence-electron chi connectivity index (χ1n) is 12.2. The Morgan fingerprint density at radius 2 is 1.81 bits per heavy atom. The molecular formula is C29H28ClF2N3O2. The van der Waals surface area contributed by atoms with Crippen molar-refractivity contribution in [2.24, 2.45) is 5.92 Å². The monoisotopic (exact) mass is 523 g/mol. The van der Waals surface area contributed by atoms with E-state index in [1.54, 1.807) is 35.2 Å². The minimum Gasteiger partial charge on any atom is -0.328 e. The Bertz CT molecular complexity index is 1500. The first-order valence-corrected chi connectivity index (χ1v) is 12.6. The molecule has 3 aromatic carbocycles. The van der Waals surface area contributed by atoms with Crippen LogP contribution in [0.4, 0.5) is 8.78 Å². The first-order chi connectivity index (χ1) is 17.7. The van der Waals surface area contributed by atoms with Crippen LogP contribution in [0.15, 0.2) is 71.5 Å². The molecule has 4 rings (SSSR count). The summed E-state index contributed by atoms with van der Waals surface area (Å²) < 4.78 is 29.4. The fourth-order valence-corrected chi connectivity index (χ4v) is 4.55. The van der Waals surface area contributed by atoms with Crippen molar-refractivity contribution in [3.05, 3.63) is 105 Å². The van der Waals surface area contributed by atoms with Crippen LogP contribution in [-0.2, 0) is 0 Å². The number of hydrogen-bond donors (Lipinski definition) is 0. The first kappa shape index (κ1) is 26.5. The van der Waals surface area contributed by atoms with Crippen LogP contribution in [-0.4, -0.2) is 26.9 Å². The van der Waals surface area contributed by atoms with E-state index in [1.165, 1.54) is 41.0 Å². The van der Waals surface area contributed by atoms with Gasteiger partial charge in [-0.05, 0) is 67.3 Å². The number of hydrogen-bond acceptors (Lipinski definition) is 3. The highest BCUT2D eigenvalue weighted by Crippen LogP contribution is 2.29. The van der Waals surface area contributed by atoms with Crippen LogP contribution in [0.3, 0.4) is 0 Å². The maximum atomic E-state index is 14.0. The van der Waals surface area contributed by atoms with Crippen LogP contribution in [0.25, 0.3) is 16.6 Å². The summed E-state index contributed by atoms with van der Waals surface area (Å²) in [6, 6.07) is 15.9. The third-order valence-electron chi connectivity index (χ3n) is 6.30. The van der Waals surface area contributed by atoms with Gasteiger partial charge in [0.1, 0.15) is 17.5 Å². The van der Waals surface area contributed by atoms with E-state index in [2.05, 4.69) is 13.8 Å². The lowest BCUT2D eigenvalue weighted by Gasteiger charge is -2.33. The maximum absolute atomic E-state index is 14.0. The fraction of sp³-hybridized carbons (Fsp3) is 0.276. The number of benzene rings is 3. The van der Waals surface area contributed by atoms with Gasteiger partial charge in [-0.3, -0.25) is 14.2 Å². The number of nitrogens with zero attached hydrogens (tertiary/aromatic N) is 3. The number of para-hydroxylation sites is 1. The van der Waals surface area contributed by atoms with E-state index < -0.39 is 17.7 Å². The highest BCUT2D eigenvalue weighted by molar-refractivity contribution is 6.30. The Labute approximate surface area is 219 Å². The molecule has 1 heterocycles. The van der Waals surface area contributed by atoms with Crippen molar-refractivity contribution in [3.63, 3.8) is 0 Å². The minimum atomic E-state index is -0.629. The van der Waals surface area contributed by atoms with Gasteiger partial charge < -0.3 is 4.90 Å². The van der Waals surface area contributed by atoms with Crippen molar-refractivity contribution < 1.29 is 13.6 Å². The summed E-state index contributed by atoms with van der Waals surface area (Å²) in [4.78, 5) is 34.0. The van der Waals surface area contributed by atoms with E-state index in [0.717, 1.165) is 0 Å². The van der Waals surface area contributed by atoms with Gasteiger partial charge in [0.25, 0.3) is 11.5 Å². The van der Waals surface area contributed by atoms with Crippen molar-refractivity contribution in [1.29, 1.82) is 0 Å². The summed E-state index contributed by atoms with van der Waals surface area (Å²) in [5.41, 5.74) is 0.669. The van der Waals surface area contributed by atoms with Gasteiger partial charge in [0.05, 0.1) is 27.7 Å². The number of fused-ring (bicyclic) bond motifs is 1. The topological polar surface area (TPSA) is 55.2 Å². The Kier molecular flexibility index (Phi) is 8.03. The SMILES string of the molecule is CCC(c1nc2ccccc2c(=O)n1-c1ccc(F)c(Cl)c1)N(CCC(C)C)C(=O)c1cccc(F)c1. The quantitative estimate of drug-likeness (QED) is 0.251. The maximum Gasteiger partial charge on any atom is 0.266 e. The second kappa shape index (κ2) is 11.2. The zero-order valence-electron chi connectivity index (χ0n) is 20.9. The Hall–Kier alpha value is -3.58. The molecular weight excluding hydrogens is 496 g/mol. The number of carbonyl (C=O) groups excluding carboxylic acids is 1. The standard InChI is InChI=1S/C29H28ClF2N3O2/c1-4-26(34(15-14-18(2)3)28(36)19-8-7-9-20(31)16-19)27-33-25-11-6-5-10-22(25)29(37)35(27)21-12-13-24(32)23(30)17-21/h5-13,16-18,26H,4,14-15H2,1-3H3. The van der Waals surface area contributed by atoms with E-state index in [9.17, 15) is 18.4 Å². The number of amides is 1. The lowest BCUT2D eigenvalue weighted by Crippen LogP contribution is -2.39. The van der Waals surface area contributed by atoms with Gasteiger partial charge in [0.2, 0.25) is 0 Å². The van der Waals surface area contributed by atoms with Crippen molar-refractivity contribution in [3.8, 4) is 5.69 Å². The van der Waals surface area contributed by atoms with Crippen molar-refractivity contribution in [2.75, 3.05) is 6.54 Å². The molecule has 0 bridgehead atoms. The van der Waals surface area contributed by atoms with Crippen molar-refractivity contribution in [2.45, 2.75) is 39.7 Å². The normalized spacial score (nSPS) is 12.2. The molecule has 1 aromatic heterocycles. The summed E-state index contributed by atoms with van der Waals surface area (Å²) in [6.45, 7) is 6.38. The summed E-state index contributed by atoms with van der Waals surface area (Å²) in [5.74, 6) is -0.867. The third kappa shape index (κ3) is 5.57. The molecule has 0 saturated heterocycles. The van der Waals surface area contributed by atoms with E-state index in [4.69, 9.17) is 16.6 Å². The molecule has 0 N–H and O–H groups in total. The van der Waals surface area contributed by atoms with Crippen LogP contribution in [0.1, 0.15) is 55.8 Å². The lowest BCUT2D eigenvalue weighted by atomic mass is 10.0. The number of aromatic nitrogens is 2. The third-order valence-corrected chi connectivity index (χ3v) is 6.59. The molecule has 0 aliphatic carbocycles. The fourth-order valence-electron chi connectivity index (χ4n) is 4.37. The number of carbonyl (C=O) groups is 1. The molecule has 0 spiro atoms. The molecule has 0 aliphatic heterocycles. The average Bonchev–Trinajstić information content (AvgIpc) is 2.88. The van der Waals surface area contributed by atoms with Crippen LogP contribution in [0, 0.1) is 17.6 Å². The van der Waals surface area contributed by atoms with E-state index >= 15 is 0 Å². The highest BCUT2D eigenvalue weighted by Gasteiger charge is 2.30. The smallest absolute Gasteiger partial charge is 0.266 e. The summed E-state index contributed by atoms with van der Waals surface area (Å²) in [7, 11) is 0. The minimum absolute atomic E-state index is 0.135. The van der Waals surface area contributed by atoms with E-state index in [1.807, 2.05) is 6.92 Å². The molecule has 0 radical (unpaired) electrons. The van der Waals surface area contributed by atoms with Crippen molar-refractivity contribution in [1.82, 2.24) is 14.5 Å². The molecule has 1 amide bonds. The summed E-state index contributed by atoms with van der Waals surface area (Å²) in [6.07, 6.45) is 1.12. The summed E-state index contributed by atoms with van der Waals surface area (Å²) in [5, 5.41) is 0.246. The van der Waals surface area contributed by atoms with Gasteiger partial charge in [0, 0.05) is 12.1 Å². The molecule has 1 unspecified atom stereocenters. The van der Waals surface area contributed by atoms with Gasteiger partial charge in [-0.15, -0.1) is 0 Å². The van der Waals surface area contributed by atoms with Gasteiger partial charge >= 0.3 is 0 Å². The molecule has 0 fully saturated rings.